The molecule has 1 aliphatic carbocycles. The number of hydrogen-bond donors (Lipinski definition) is 1. The van der Waals surface area contributed by atoms with Crippen molar-refractivity contribution in [1.29, 1.82) is 0 Å². The van der Waals surface area contributed by atoms with Crippen LogP contribution >= 0.6 is 0 Å². The maximum absolute atomic E-state index is 12.4. The highest BCUT2D eigenvalue weighted by atomic mass is 16.7. The van der Waals surface area contributed by atoms with Crippen LogP contribution in [0.4, 0.5) is 0 Å². The summed E-state index contributed by atoms with van der Waals surface area (Å²) in [4.78, 5) is 17.5. The largest absolute Gasteiger partial charge is 0.454 e. The van der Waals surface area contributed by atoms with Crippen LogP contribution in [0.2, 0.25) is 0 Å². The molecule has 1 saturated carbocycles. The van der Waals surface area contributed by atoms with E-state index in [-0.39, 0.29) is 5.92 Å². The molecule has 6 heteroatoms. The second kappa shape index (κ2) is 8.52. The highest BCUT2D eigenvalue weighted by Gasteiger charge is 2.42. The number of carbonyl (C=O) groups excluding carboxylic acids is 1. The van der Waals surface area contributed by atoms with Crippen LogP contribution in [0.3, 0.4) is 0 Å². The van der Waals surface area contributed by atoms with E-state index in [1.165, 1.54) is 31.2 Å². The van der Waals surface area contributed by atoms with Crippen molar-refractivity contribution in [2.45, 2.75) is 51.1 Å². The normalized spacial score (nSPS) is 29.7. The molecule has 1 aromatic rings. The molecular formula is C23H33N3O3. The Balaban J connectivity index is 1.04. The lowest BCUT2D eigenvalue weighted by molar-refractivity contribution is -0.123. The molecular weight excluding hydrogens is 366 g/mol. The van der Waals surface area contributed by atoms with E-state index in [1.807, 2.05) is 6.07 Å². The summed E-state index contributed by atoms with van der Waals surface area (Å²) >= 11 is 0. The van der Waals surface area contributed by atoms with Crippen molar-refractivity contribution in [3.8, 4) is 11.5 Å². The summed E-state index contributed by atoms with van der Waals surface area (Å²) in [6, 6.07) is 6.75. The smallest absolute Gasteiger partial charge is 0.231 e. The fourth-order valence-electron chi connectivity index (χ4n) is 5.65. The molecule has 5 rings (SSSR count). The van der Waals surface area contributed by atoms with Crippen LogP contribution in [0, 0.1) is 11.8 Å². The lowest BCUT2D eigenvalue weighted by Gasteiger charge is -2.35. The zero-order valence-electron chi connectivity index (χ0n) is 17.3. The zero-order chi connectivity index (χ0) is 19.6. The van der Waals surface area contributed by atoms with E-state index in [4.69, 9.17) is 9.47 Å². The Labute approximate surface area is 173 Å². The predicted molar refractivity (Wildman–Crippen MR) is 111 cm³/mol. The van der Waals surface area contributed by atoms with E-state index in [2.05, 4.69) is 27.2 Å². The average Bonchev–Trinajstić information content (AvgIpc) is 3.33. The average molecular weight is 400 g/mol. The van der Waals surface area contributed by atoms with Gasteiger partial charge >= 0.3 is 0 Å². The first-order valence-electron chi connectivity index (χ1n) is 11.4. The highest BCUT2D eigenvalue weighted by molar-refractivity contribution is 5.81. The third kappa shape index (κ3) is 4.24. The van der Waals surface area contributed by atoms with Gasteiger partial charge in [0.05, 0.1) is 0 Å². The SMILES string of the molecule is O=C1N[C@@H]2CCCC[C@H]2C1CCCN1CCN(Cc2ccc3c(c2)OCO3)CC1. The van der Waals surface area contributed by atoms with Gasteiger partial charge in [0.15, 0.2) is 11.5 Å². The van der Waals surface area contributed by atoms with Crippen molar-refractivity contribution >= 4 is 5.91 Å². The number of piperazine rings is 1. The summed E-state index contributed by atoms with van der Waals surface area (Å²) in [7, 11) is 0. The standard InChI is InChI=1S/C23H33N3O3/c27-23-19(18-4-1-2-6-20(18)24-23)5-3-9-25-10-12-26(13-11-25)15-17-7-8-21-22(14-17)29-16-28-21/h7-8,14,18-20H,1-6,9-13,15-16H2,(H,24,27)/t18-,19?,20+/m0/s1. The Hall–Kier alpha value is -1.79. The molecule has 3 aliphatic heterocycles. The van der Waals surface area contributed by atoms with Gasteiger partial charge in [-0.25, -0.2) is 0 Å². The number of nitrogens with one attached hydrogen (secondary N) is 1. The molecule has 0 bridgehead atoms. The van der Waals surface area contributed by atoms with E-state index >= 15 is 0 Å². The molecule has 3 fully saturated rings. The molecule has 6 nitrogen and oxygen atoms in total. The van der Waals surface area contributed by atoms with Gasteiger partial charge in [-0.05, 0) is 55.8 Å². The Kier molecular flexibility index (Phi) is 5.64. The van der Waals surface area contributed by atoms with Gasteiger partial charge in [-0.15, -0.1) is 0 Å². The van der Waals surface area contributed by atoms with E-state index in [0.717, 1.165) is 63.6 Å². The molecule has 0 spiro atoms. The topological polar surface area (TPSA) is 54.0 Å². The van der Waals surface area contributed by atoms with Crippen LogP contribution in [-0.2, 0) is 11.3 Å². The number of hydrogen-bond acceptors (Lipinski definition) is 5. The number of amides is 1. The van der Waals surface area contributed by atoms with Crippen LogP contribution < -0.4 is 14.8 Å². The van der Waals surface area contributed by atoms with Gasteiger partial charge in [-0.1, -0.05) is 18.9 Å². The summed E-state index contributed by atoms with van der Waals surface area (Å²) in [6.07, 6.45) is 7.22. The van der Waals surface area contributed by atoms with Crippen molar-refractivity contribution in [3.63, 3.8) is 0 Å². The van der Waals surface area contributed by atoms with E-state index in [9.17, 15) is 4.79 Å². The van der Waals surface area contributed by atoms with Crippen molar-refractivity contribution < 1.29 is 14.3 Å². The van der Waals surface area contributed by atoms with Crippen LogP contribution in [0.5, 0.6) is 11.5 Å². The van der Waals surface area contributed by atoms with Crippen LogP contribution in [0.15, 0.2) is 18.2 Å². The monoisotopic (exact) mass is 399 g/mol. The fraction of sp³-hybridized carbons (Fsp3) is 0.696. The minimum absolute atomic E-state index is 0.271. The number of fused-ring (bicyclic) bond motifs is 2. The van der Waals surface area contributed by atoms with Crippen molar-refractivity contribution in [1.82, 2.24) is 15.1 Å². The summed E-state index contributed by atoms with van der Waals surface area (Å²) in [5.41, 5.74) is 1.29. The molecule has 3 atom stereocenters. The first-order chi connectivity index (χ1) is 14.3. The Morgan fingerprint density at radius 3 is 2.69 bits per heavy atom. The third-order valence-electron chi connectivity index (χ3n) is 7.30. The second-order valence-electron chi connectivity index (χ2n) is 9.12. The van der Waals surface area contributed by atoms with E-state index in [1.54, 1.807) is 0 Å². The zero-order valence-corrected chi connectivity index (χ0v) is 17.3. The van der Waals surface area contributed by atoms with Crippen LogP contribution in [-0.4, -0.2) is 61.3 Å². The number of ether oxygens (including phenoxy) is 2. The third-order valence-corrected chi connectivity index (χ3v) is 7.30. The van der Waals surface area contributed by atoms with Gasteiger partial charge in [0, 0.05) is 44.7 Å². The summed E-state index contributed by atoms with van der Waals surface area (Å²) in [5, 5.41) is 3.26. The molecule has 1 N–H and O–H groups in total. The van der Waals surface area contributed by atoms with Crippen LogP contribution in [0.25, 0.3) is 0 Å². The van der Waals surface area contributed by atoms with Gasteiger partial charge in [0.25, 0.3) is 0 Å². The van der Waals surface area contributed by atoms with Crippen molar-refractivity contribution in [2.24, 2.45) is 11.8 Å². The Morgan fingerprint density at radius 2 is 1.79 bits per heavy atom. The summed E-state index contributed by atoms with van der Waals surface area (Å²) in [6.45, 7) is 6.86. The minimum atomic E-state index is 0.271. The van der Waals surface area contributed by atoms with Gasteiger partial charge < -0.3 is 19.7 Å². The molecule has 1 unspecified atom stereocenters. The van der Waals surface area contributed by atoms with Crippen LogP contribution in [0.1, 0.15) is 44.1 Å². The lowest BCUT2D eigenvalue weighted by atomic mass is 9.78. The minimum Gasteiger partial charge on any atom is -0.454 e. The molecule has 2 saturated heterocycles. The fourth-order valence-corrected chi connectivity index (χ4v) is 5.65. The summed E-state index contributed by atoms with van der Waals surface area (Å²) < 4.78 is 10.9. The first-order valence-corrected chi connectivity index (χ1v) is 11.4. The van der Waals surface area contributed by atoms with Gasteiger partial charge in [0.2, 0.25) is 12.7 Å². The molecule has 0 radical (unpaired) electrons. The van der Waals surface area contributed by atoms with Crippen molar-refractivity contribution in [3.05, 3.63) is 23.8 Å². The van der Waals surface area contributed by atoms with E-state index < -0.39 is 0 Å². The number of nitrogens with zero attached hydrogens (tertiary/aromatic N) is 2. The van der Waals surface area contributed by atoms with Gasteiger partial charge in [-0.2, -0.15) is 0 Å². The quantitative estimate of drug-likeness (QED) is 0.797. The molecule has 29 heavy (non-hydrogen) atoms. The van der Waals surface area contributed by atoms with Crippen molar-refractivity contribution in [2.75, 3.05) is 39.5 Å². The number of carbonyl (C=O) groups is 1. The highest BCUT2D eigenvalue weighted by Crippen LogP contribution is 2.37. The Morgan fingerprint density at radius 1 is 1.00 bits per heavy atom. The maximum Gasteiger partial charge on any atom is 0.231 e. The Bertz CT molecular complexity index is 732. The first kappa shape index (κ1) is 19.2. The molecule has 4 aliphatic rings. The van der Waals surface area contributed by atoms with Gasteiger partial charge in [0.1, 0.15) is 0 Å². The molecule has 3 heterocycles. The molecule has 158 valence electrons. The van der Waals surface area contributed by atoms with Gasteiger partial charge in [-0.3, -0.25) is 9.69 Å². The molecule has 0 aromatic heterocycles. The van der Waals surface area contributed by atoms with E-state index in [0.29, 0.717) is 24.7 Å². The molecule has 1 amide bonds. The predicted octanol–water partition coefficient (Wildman–Crippen LogP) is 2.62. The summed E-state index contributed by atoms with van der Waals surface area (Å²) in [5.74, 6) is 2.93. The number of benzene rings is 1. The maximum atomic E-state index is 12.4. The molecule has 1 aromatic carbocycles. The number of rotatable bonds is 6. The second-order valence-corrected chi connectivity index (χ2v) is 9.12. The lowest BCUT2D eigenvalue weighted by Crippen LogP contribution is -2.46.